The minimum Gasteiger partial charge on any atom is -0.510 e. The van der Waals surface area contributed by atoms with E-state index in [0.29, 0.717) is 13.0 Å². The quantitative estimate of drug-likeness (QED) is 0.290. The SMILES string of the molecule is O=C(OCc1ccccc1)C(CCC[n+]1ccn(C(=O)[O-])c1)[N+](=O)[O-]. The molecular formula is C16H17N3O6. The fourth-order valence-corrected chi connectivity index (χ4v) is 2.24. The number of benzene rings is 1. The van der Waals surface area contributed by atoms with Gasteiger partial charge in [0.15, 0.2) is 0 Å². The number of ether oxygens (including phenoxy) is 1. The summed E-state index contributed by atoms with van der Waals surface area (Å²) in [5.74, 6) is -0.883. The lowest BCUT2D eigenvalue weighted by Gasteiger charge is -2.09. The van der Waals surface area contributed by atoms with Crippen molar-refractivity contribution in [1.29, 1.82) is 0 Å². The minimum absolute atomic E-state index is 0.00980. The van der Waals surface area contributed by atoms with E-state index in [1.54, 1.807) is 28.8 Å². The molecule has 0 amide bonds. The van der Waals surface area contributed by atoms with Gasteiger partial charge >= 0.3 is 12.0 Å². The molecule has 2 rings (SSSR count). The van der Waals surface area contributed by atoms with E-state index in [4.69, 9.17) is 4.74 Å². The number of rotatable bonds is 8. The second-order valence-electron chi connectivity index (χ2n) is 5.36. The van der Waals surface area contributed by atoms with E-state index in [0.717, 1.165) is 10.1 Å². The molecule has 1 unspecified atom stereocenters. The maximum absolute atomic E-state index is 11.9. The number of imidazole rings is 1. The second-order valence-corrected chi connectivity index (χ2v) is 5.36. The molecule has 0 saturated heterocycles. The van der Waals surface area contributed by atoms with Gasteiger partial charge in [-0.15, -0.1) is 0 Å². The van der Waals surface area contributed by atoms with Gasteiger partial charge in [0.2, 0.25) is 12.4 Å². The first-order valence-corrected chi connectivity index (χ1v) is 7.60. The Hall–Kier alpha value is -3.23. The van der Waals surface area contributed by atoms with Crippen LogP contribution in [0.2, 0.25) is 0 Å². The molecule has 0 saturated carbocycles. The lowest BCUT2D eigenvalue weighted by molar-refractivity contribution is -0.697. The summed E-state index contributed by atoms with van der Waals surface area (Å²) >= 11 is 0. The van der Waals surface area contributed by atoms with Crippen LogP contribution in [-0.4, -0.2) is 27.6 Å². The zero-order chi connectivity index (χ0) is 18.2. The van der Waals surface area contributed by atoms with Crippen LogP contribution in [0, 0.1) is 10.1 Å². The van der Waals surface area contributed by atoms with E-state index in [9.17, 15) is 24.8 Å². The van der Waals surface area contributed by atoms with Crippen LogP contribution in [0.15, 0.2) is 49.1 Å². The van der Waals surface area contributed by atoms with E-state index in [1.165, 1.54) is 18.7 Å². The Morgan fingerprint density at radius 2 is 2.00 bits per heavy atom. The normalized spacial score (nSPS) is 11.7. The molecule has 0 aliphatic heterocycles. The molecule has 1 aromatic carbocycles. The number of nitrogens with zero attached hydrogens (tertiary/aromatic N) is 3. The topological polar surface area (TPSA) is 118 Å². The average molecular weight is 347 g/mol. The summed E-state index contributed by atoms with van der Waals surface area (Å²) in [6.07, 6.45) is 3.03. The summed E-state index contributed by atoms with van der Waals surface area (Å²) in [6.45, 7) is 0.309. The molecule has 132 valence electrons. The van der Waals surface area contributed by atoms with Gasteiger partial charge in [-0.1, -0.05) is 30.3 Å². The van der Waals surface area contributed by atoms with E-state index < -0.39 is 23.0 Å². The number of hydrogen-bond acceptors (Lipinski definition) is 6. The van der Waals surface area contributed by atoms with Crippen LogP contribution in [-0.2, 0) is 22.7 Å². The standard InChI is InChI=1S/C16H17N3O6/c20-15(25-11-13-5-2-1-3-6-13)14(19(23)24)7-4-8-17-9-10-18(12-17)16(21)22/h1-3,5-6,9-10,12,14H,4,7-8,11H2. The van der Waals surface area contributed by atoms with Crippen LogP contribution in [0.3, 0.4) is 0 Å². The van der Waals surface area contributed by atoms with Crippen LogP contribution in [0.25, 0.3) is 0 Å². The molecule has 2 aromatic rings. The van der Waals surface area contributed by atoms with Gasteiger partial charge in [0.1, 0.15) is 19.0 Å². The van der Waals surface area contributed by atoms with E-state index >= 15 is 0 Å². The summed E-state index contributed by atoms with van der Waals surface area (Å²) in [7, 11) is 0. The third-order valence-electron chi connectivity index (χ3n) is 3.55. The third kappa shape index (κ3) is 5.41. The first kappa shape index (κ1) is 18.1. The highest BCUT2D eigenvalue weighted by atomic mass is 16.6. The van der Waals surface area contributed by atoms with Crippen molar-refractivity contribution in [2.24, 2.45) is 0 Å². The number of aromatic nitrogens is 2. The van der Waals surface area contributed by atoms with Crippen molar-refractivity contribution in [3.63, 3.8) is 0 Å². The van der Waals surface area contributed by atoms with Gasteiger partial charge in [0.25, 0.3) is 0 Å². The Morgan fingerprint density at radius 1 is 1.28 bits per heavy atom. The van der Waals surface area contributed by atoms with Gasteiger partial charge in [-0.3, -0.25) is 10.1 Å². The summed E-state index contributed by atoms with van der Waals surface area (Å²) in [5.41, 5.74) is 0.747. The Balaban J connectivity index is 1.83. The molecule has 9 nitrogen and oxygen atoms in total. The zero-order valence-corrected chi connectivity index (χ0v) is 13.3. The van der Waals surface area contributed by atoms with E-state index in [2.05, 4.69) is 0 Å². The number of carbonyl (C=O) groups is 2. The number of carbonyl (C=O) groups excluding carboxylic acids is 2. The molecule has 25 heavy (non-hydrogen) atoms. The summed E-state index contributed by atoms with van der Waals surface area (Å²) in [4.78, 5) is 33.0. The fraction of sp³-hybridized carbons (Fsp3) is 0.312. The van der Waals surface area contributed by atoms with Crippen molar-refractivity contribution >= 4 is 12.1 Å². The average Bonchev–Trinajstić information content (AvgIpc) is 3.06. The smallest absolute Gasteiger partial charge is 0.381 e. The predicted molar refractivity (Wildman–Crippen MR) is 81.7 cm³/mol. The van der Waals surface area contributed by atoms with Gasteiger partial charge in [-0.25, -0.2) is 9.36 Å². The molecule has 0 radical (unpaired) electrons. The van der Waals surface area contributed by atoms with Crippen molar-refractivity contribution in [2.45, 2.75) is 32.0 Å². The number of esters is 1. The second kappa shape index (κ2) is 8.57. The molecule has 0 N–H and O–H groups in total. The largest absolute Gasteiger partial charge is 0.510 e. The zero-order valence-electron chi connectivity index (χ0n) is 13.3. The van der Waals surface area contributed by atoms with Crippen molar-refractivity contribution in [3.05, 3.63) is 64.7 Å². The molecular weight excluding hydrogens is 330 g/mol. The molecule has 0 bridgehead atoms. The Kier molecular flexibility index (Phi) is 6.21. The van der Waals surface area contributed by atoms with Gasteiger partial charge < -0.3 is 14.6 Å². The van der Waals surface area contributed by atoms with E-state index in [-0.39, 0.29) is 13.0 Å². The highest BCUT2D eigenvalue weighted by Crippen LogP contribution is 2.07. The molecule has 0 aliphatic rings. The maximum atomic E-state index is 11.9. The van der Waals surface area contributed by atoms with Gasteiger partial charge in [0, 0.05) is 11.3 Å². The predicted octanol–water partition coefficient (Wildman–Crippen LogP) is 0.136. The van der Waals surface area contributed by atoms with Crippen LogP contribution in [0.5, 0.6) is 0 Å². The number of carboxylic acid groups (broad SMARTS) is 1. The van der Waals surface area contributed by atoms with E-state index in [1.807, 2.05) is 6.07 Å². The lowest BCUT2D eigenvalue weighted by atomic mass is 10.1. The monoisotopic (exact) mass is 347 g/mol. The molecule has 1 aromatic heterocycles. The lowest BCUT2D eigenvalue weighted by Crippen LogP contribution is -2.36. The van der Waals surface area contributed by atoms with Crippen molar-refractivity contribution in [1.82, 2.24) is 4.57 Å². The molecule has 1 heterocycles. The third-order valence-corrected chi connectivity index (χ3v) is 3.55. The Labute approximate surface area is 143 Å². The molecule has 1 atom stereocenters. The van der Waals surface area contributed by atoms with Crippen LogP contribution < -0.4 is 9.67 Å². The fourth-order valence-electron chi connectivity index (χ4n) is 2.24. The summed E-state index contributed by atoms with van der Waals surface area (Å²) < 4.78 is 7.42. The van der Waals surface area contributed by atoms with Crippen molar-refractivity contribution in [2.75, 3.05) is 0 Å². The highest BCUT2D eigenvalue weighted by Gasteiger charge is 2.31. The van der Waals surface area contributed by atoms with Gasteiger partial charge in [-0.05, 0) is 12.0 Å². The molecule has 0 spiro atoms. The maximum Gasteiger partial charge on any atom is 0.381 e. The first-order chi connectivity index (χ1) is 12.0. The summed E-state index contributed by atoms with van der Waals surface area (Å²) in [6, 6.07) is 7.44. The van der Waals surface area contributed by atoms with Crippen LogP contribution in [0.1, 0.15) is 18.4 Å². The van der Waals surface area contributed by atoms with Crippen LogP contribution >= 0.6 is 0 Å². The van der Waals surface area contributed by atoms with Crippen LogP contribution in [0.4, 0.5) is 4.79 Å². The molecule has 0 aliphatic carbocycles. The highest BCUT2D eigenvalue weighted by molar-refractivity contribution is 5.74. The number of hydrogen-bond donors (Lipinski definition) is 0. The Bertz CT molecular complexity index is 743. The molecule has 0 fully saturated rings. The van der Waals surface area contributed by atoms with Gasteiger partial charge in [-0.2, -0.15) is 4.57 Å². The number of nitro groups is 1. The van der Waals surface area contributed by atoms with Gasteiger partial charge in [0.05, 0.1) is 6.54 Å². The molecule has 9 heteroatoms. The summed E-state index contributed by atoms with van der Waals surface area (Å²) in [5, 5.41) is 21.7. The minimum atomic E-state index is -1.45. The number of aryl methyl sites for hydroxylation is 1. The van der Waals surface area contributed by atoms with Crippen molar-refractivity contribution < 1.29 is 28.9 Å². The first-order valence-electron chi connectivity index (χ1n) is 7.60. The Morgan fingerprint density at radius 3 is 2.60 bits per heavy atom. The van der Waals surface area contributed by atoms with Crippen molar-refractivity contribution in [3.8, 4) is 0 Å².